The highest BCUT2D eigenvalue weighted by atomic mass is 79.9. The van der Waals surface area contributed by atoms with Crippen LogP contribution in [0.25, 0.3) is 0 Å². The van der Waals surface area contributed by atoms with Crippen molar-refractivity contribution in [3.63, 3.8) is 0 Å². The Kier molecular flexibility index (Phi) is 3.43. The fourth-order valence-electron chi connectivity index (χ4n) is 2.34. The molecule has 1 aliphatic carbocycles. The zero-order chi connectivity index (χ0) is 11.8. The van der Waals surface area contributed by atoms with Crippen LogP contribution in [0, 0.1) is 5.41 Å². The number of hydrogen-bond acceptors (Lipinski definition) is 1. The van der Waals surface area contributed by atoms with Crippen LogP contribution in [-0.4, -0.2) is 14.6 Å². The number of nitrogens with zero attached hydrogens (tertiary/aromatic N) is 2. The van der Waals surface area contributed by atoms with Crippen LogP contribution in [0.15, 0.2) is 6.07 Å². The number of halogens is 1. The first-order valence-corrected chi connectivity index (χ1v) is 7.22. The van der Waals surface area contributed by atoms with Gasteiger partial charge in [0.15, 0.2) is 0 Å². The standard InChI is InChI=1S/C13H21BrN2/c1-4-11-8-12(16(5-2)15-11)9-13(6-7-13)10(3)14/h8,10H,4-7,9H2,1-3H3. The molecule has 0 spiro atoms. The maximum Gasteiger partial charge on any atom is 0.0624 e. The van der Waals surface area contributed by atoms with Crippen molar-refractivity contribution in [1.82, 2.24) is 9.78 Å². The molecule has 3 heteroatoms. The van der Waals surface area contributed by atoms with E-state index in [0.717, 1.165) is 13.0 Å². The lowest BCUT2D eigenvalue weighted by Crippen LogP contribution is -2.17. The monoisotopic (exact) mass is 284 g/mol. The van der Waals surface area contributed by atoms with E-state index in [-0.39, 0.29) is 0 Å². The Balaban J connectivity index is 2.17. The first-order valence-electron chi connectivity index (χ1n) is 6.31. The summed E-state index contributed by atoms with van der Waals surface area (Å²) < 4.78 is 2.17. The van der Waals surface area contributed by atoms with E-state index in [0.29, 0.717) is 10.2 Å². The molecule has 2 rings (SSSR count). The van der Waals surface area contributed by atoms with Crippen LogP contribution in [0.3, 0.4) is 0 Å². The van der Waals surface area contributed by atoms with Gasteiger partial charge in [0.1, 0.15) is 0 Å². The van der Waals surface area contributed by atoms with Crippen LogP contribution in [0.4, 0.5) is 0 Å². The number of alkyl halides is 1. The quantitative estimate of drug-likeness (QED) is 0.756. The molecular weight excluding hydrogens is 264 g/mol. The Morgan fingerprint density at radius 1 is 1.50 bits per heavy atom. The van der Waals surface area contributed by atoms with Gasteiger partial charge < -0.3 is 0 Å². The molecule has 1 unspecified atom stereocenters. The maximum absolute atomic E-state index is 4.62. The van der Waals surface area contributed by atoms with Gasteiger partial charge in [0.25, 0.3) is 0 Å². The molecule has 0 aromatic carbocycles. The van der Waals surface area contributed by atoms with E-state index >= 15 is 0 Å². The molecule has 0 amide bonds. The fourth-order valence-corrected chi connectivity index (χ4v) is 2.96. The molecule has 0 radical (unpaired) electrons. The van der Waals surface area contributed by atoms with Crippen molar-refractivity contribution in [2.75, 3.05) is 0 Å². The van der Waals surface area contributed by atoms with Crippen molar-refractivity contribution in [3.8, 4) is 0 Å². The molecule has 1 aliphatic rings. The summed E-state index contributed by atoms with van der Waals surface area (Å²) in [5, 5.41) is 4.62. The molecule has 0 saturated heterocycles. The van der Waals surface area contributed by atoms with Gasteiger partial charge in [-0.25, -0.2) is 0 Å². The number of aromatic nitrogens is 2. The SMILES string of the molecule is CCc1cc(CC2(C(C)Br)CC2)n(CC)n1. The number of hydrogen-bond donors (Lipinski definition) is 0. The summed E-state index contributed by atoms with van der Waals surface area (Å²) in [4.78, 5) is 0.616. The minimum absolute atomic E-state index is 0.512. The van der Waals surface area contributed by atoms with Crippen molar-refractivity contribution in [2.24, 2.45) is 5.41 Å². The lowest BCUT2D eigenvalue weighted by atomic mass is 9.97. The van der Waals surface area contributed by atoms with E-state index < -0.39 is 0 Å². The first kappa shape index (κ1) is 12.2. The van der Waals surface area contributed by atoms with Crippen LogP contribution in [0.5, 0.6) is 0 Å². The highest BCUT2D eigenvalue weighted by Crippen LogP contribution is 2.53. The van der Waals surface area contributed by atoms with E-state index in [1.54, 1.807) is 0 Å². The van der Waals surface area contributed by atoms with Gasteiger partial charge in [0.2, 0.25) is 0 Å². The van der Waals surface area contributed by atoms with E-state index in [4.69, 9.17) is 0 Å². The Labute approximate surface area is 107 Å². The van der Waals surface area contributed by atoms with Gasteiger partial charge >= 0.3 is 0 Å². The van der Waals surface area contributed by atoms with E-state index in [1.165, 1.54) is 30.7 Å². The van der Waals surface area contributed by atoms with Gasteiger partial charge in [0, 0.05) is 17.1 Å². The highest BCUT2D eigenvalue weighted by molar-refractivity contribution is 9.09. The van der Waals surface area contributed by atoms with Crippen molar-refractivity contribution in [3.05, 3.63) is 17.5 Å². The van der Waals surface area contributed by atoms with Gasteiger partial charge in [-0.1, -0.05) is 29.8 Å². The molecular formula is C13H21BrN2. The number of aryl methyl sites for hydroxylation is 2. The van der Waals surface area contributed by atoms with Crippen LogP contribution in [0.1, 0.15) is 45.0 Å². The summed E-state index contributed by atoms with van der Waals surface area (Å²) >= 11 is 3.76. The third-order valence-corrected chi connectivity index (χ3v) is 4.82. The molecule has 1 aromatic rings. The van der Waals surface area contributed by atoms with Gasteiger partial charge in [-0.05, 0) is 44.1 Å². The predicted octanol–water partition coefficient (Wildman–Crippen LogP) is 3.57. The Morgan fingerprint density at radius 3 is 2.62 bits per heavy atom. The van der Waals surface area contributed by atoms with Gasteiger partial charge in [-0.3, -0.25) is 4.68 Å². The number of rotatable bonds is 5. The van der Waals surface area contributed by atoms with Crippen LogP contribution >= 0.6 is 15.9 Å². The first-order chi connectivity index (χ1) is 7.61. The minimum Gasteiger partial charge on any atom is -0.270 e. The predicted molar refractivity (Wildman–Crippen MR) is 71.0 cm³/mol. The second-order valence-corrected chi connectivity index (χ2v) is 6.32. The summed E-state index contributed by atoms with van der Waals surface area (Å²) in [5.74, 6) is 0. The Morgan fingerprint density at radius 2 is 2.19 bits per heavy atom. The van der Waals surface area contributed by atoms with Crippen LogP contribution in [0.2, 0.25) is 0 Å². The smallest absolute Gasteiger partial charge is 0.0624 e. The van der Waals surface area contributed by atoms with Gasteiger partial charge in [-0.15, -0.1) is 0 Å². The molecule has 0 aliphatic heterocycles. The van der Waals surface area contributed by atoms with Crippen molar-refractivity contribution in [2.45, 2.75) is 57.8 Å². The molecule has 1 atom stereocenters. The largest absolute Gasteiger partial charge is 0.270 e. The minimum atomic E-state index is 0.512. The molecule has 1 saturated carbocycles. The van der Waals surface area contributed by atoms with Crippen molar-refractivity contribution in [1.29, 1.82) is 0 Å². The average Bonchev–Trinajstić information content (AvgIpc) is 2.93. The van der Waals surface area contributed by atoms with Crippen molar-refractivity contribution >= 4 is 15.9 Å². The second kappa shape index (κ2) is 4.52. The third-order valence-electron chi connectivity index (χ3n) is 3.84. The molecule has 1 fully saturated rings. The second-order valence-electron chi connectivity index (χ2n) is 4.95. The maximum atomic E-state index is 4.62. The van der Waals surface area contributed by atoms with Crippen LogP contribution < -0.4 is 0 Å². The third kappa shape index (κ3) is 2.20. The summed E-state index contributed by atoms with van der Waals surface area (Å²) in [6.07, 6.45) is 4.93. The topological polar surface area (TPSA) is 17.8 Å². The molecule has 1 heterocycles. The highest BCUT2D eigenvalue weighted by Gasteiger charge is 2.46. The Hall–Kier alpha value is -0.310. The lowest BCUT2D eigenvalue weighted by Gasteiger charge is -2.18. The summed E-state index contributed by atoms with van der Waals surface area (Å²) in [6.45, 7) is 7.61. The molecule has 1 aromatic heterocycles. The molecule has 2 nitrogen and oxygen atoms in total. The van der Waals surface area contributed by atoms with E-state index in [2.05, 4.69) is 52.5 Å². The van der Waals surface area contributed by atoms with Gasteiger partial charge in [0.05, 0.1) is 5.69 Å². The van der Waals surface area contributed by atoms with Crippen LogP contribution in [-0.2, 0) is 19.4 Å². The van der Waals surface area contributed by atoms with E-state index in [1.807, 2.05) is 0 Å². The zero-order valence-corrected chi connectivity index (χ0v) is 12.0. The van der Waals surface area contributed by atoms with E-state index in [9.17, 15) is 0 Å². The van der Waals surface area contributed by atoms with Crippen molar-refractivity contribution < 1.29 is 0 Å². The normalized spacial score (nSPS) is 19.8. The Bertz CT molecular complexity index is 364. The fraction of sp³-hybridized carbons (Fsp3) is 0.769. The zero-order valence-electron chi connectivity index (χ0n) is 10.5. The average molecular weight is 285 g/mol. The summed E-state index contributed by atoms with van der Waals surface area (Å²) in [6, 6.07) is 2.29. The molecule has 90 valence electrons. The molecule has 0 bridgehead atoms. The summed E-state index contributed by atoms with van der Waals surface area (Å²) in [5.41, 5.74) is 3.16. The van der Waals surface area contributed by atoms with Gasteiger partial charge in [-0.2, -0.15) is 5.10 Å². The summed E-state index contributed by atoms with van der Waals surface area (Å²) in [7, 11) is 0. The lowest BCUT2D eigenvalue weighted by molar-refractivity contribution is 0.477. The molecule has 16 heavy (non-hydrogen) atoms. The molecule has 0 N–H and O–H groups in total.